The van der Waals surface area contributed by atoms with E-state index in [4.69, 9.17) is 42.9 Å². The second-order valence-electron chi connectivity index (χ2n) is 17.6. The Morgan fingerprint density at radius 2 is 1.04 bits per heavy atom. The van der Waals surface area contributed by atoms with Crippen LogP contribution in [0.15, 0.2) is 85.5 Å². The first-order valence-corrected chi connectivity index (χ1v) is 24.0. The highest BCUT2D eigenvalue weighted by atomic mass is 35.5. The van der Waals surface area contributed by atoms with Gasteiger partial charge in [0.05, 0.1) is 94.0 Å². The number of benzene rings is 2. The topological polar surface area (TPSA) is 248 Å². The third kappa shape index (κ3) is 11.7. The Morgan fingerprint density at radius 1 is 0.632 bits per heavy atom. The quantitative estimate of drug-likeness (QED) is 0.0666. The van der Waals surface area contributed by atoms with Gasteiger partial charge < -0.3 is 39.7 Å². The largest absolute Gasteiger partial charge is 0.474 e. The molecule has 400 valence electrons. The van der Waals surface area contributed by atoms with Crippen LogP contribution in [0, 0.1) is 0 Å². The highest BCUT2D eigenvalue weighted by molar-refractivity contribution is 6.34. The maximum absolute atomic E-state index is 13.5. The number of hydrogen-bond donors (Lipinski definition) is 6. The number of halogens is 8. The summed E-state index contributed by atoms with van der Waals surface area (Å²) in [6.07, 6.45) is -4.80. The van der Waals surface area contributed by atoms with Gasteiger partial charge in [0.15, 0.2) is 23.3 Å². The molecule has 0 aliphatic carbocycles. The number of aliphatic hydroxyl groups is 4. The fourth-order valence-corrected chi connectivity index (χ4v) is 9.34. The minimum Gasteiger partial charge on any atom is -0.474 e. The van der Waals surface area contributed by atoms with Gasteiger partial charge in [-0.1, -0.05) is 47.5 Å². The van der Waals surface area contributed by atoms with Gasteiger partial charge in [-0.15, -0.1) is 0 Å². The SMILES string of the molecule is O=C(Nc1cncc(OC[C@H](O)CO)n1)N1c2nc(-c3cccc(C(F)(F)F)c3)c(Cl)cc2N2CC[C@H]1C2.O=C(Nc1cncc(OC[C@H](O)CO)n1)N1c2nc(-c3cccc(C(F)(F)F)c3)c(Cl)cc2N2CC[C@H]1C2. The van der Waals surface area contributed by atoms with Crippen molar-refractivity contribution >= 4 is 69.9 Å². The molecular formula is C48H44Cl2F6N12O8. The van der Waals surface area contributed by atoms with E-state index in [0.717, 1.165) is 24.3 Å². The van der Waals surface area contributed by atoms with Gasteiger partial charge in [0.25, 0.3) is 0 Å². The first-order valence-electron chi connectivity index (χ1n) is 23.2. The zero-order chi connectivity index (χ0) is 54.1. The van der Waals surface area contributed by atoms with Crippen LogP contribution in [0.3, 0.4) is 0 Å². The van der Waals surface area contributed by atoms with Crippen LogP contribution >= 0.6 is 23.2 Å². The molecule has 20 nitrogen and oxygen atoms in total. The Hall–Kier alpha value is -7.36. The lowest BCUT2D eigenvalue weighted by Crippen LogP contribution is -2.48. The number of nitrogens with one attached hydrogen (secondary N) is 2. The normalized spacial score (nSPS) is 17.3. The van der Waals surface area contributed by atoms with Gasteiger partial charge in [-0.05, 0) is 49.2 Å². The van der Waals surface area contributed by atoms with E-state index in [1.54, 1.807) is 12.1 Å². The molecule has 0 saturated carbocycles. The molecule has 2 fully saturated rings. The summed E-state index contributed by atoms with van der Waals surface area (Å²) >= 11 is 13.0. The molecule has 76 heavy (non-hydrogen) atoms. The molecule has 0 spiro atoms. The highest BCUT2D eigenvalue weighted by Crippen LogP contribution is 2.46. The van der Waals surface area contributed by atoms with Crippen molar-refractivity contribution in [3.63, 3.8) is 0 Å². The van der Waals surface area contributed by atoms with Crippen LogP contribution in [-0.2, 0) is 12.4 Å². The number of carbonyl (C=O) groups excluding carboxylic acids is 2. The molecule has 4 atom stereocenters. The van der Waals surface area contributed by atoms with Gasteiger partial charge in [0.1, 0.15) is 25.4 Å². The molecule has 28 heteroatoms. The lowest BCUT2D eigenvalue weighted by molar-refractivity contribution is -0.138. The highest BCUT2D eigenvalue weighted by Gasteiger charge is 2.43. The lowest BCUT2D eigenvalue weighted by atomic mass is 10.1. The van der Waals surface area contributed by atoms with Crippen molar-refractivity contribution in [2.24, 2.45) is 0 Å². The zero-order valence-electron chi connectivity index (χ0n) is 39.4. The van der Waals surface area contributed by atoms with Crippen LogP contribution in [0.5, 0.6) is 11.8 Å². The van der Waals surface area contributed by atoms with Gasteiger partial charge >= 0.3 is 24.4 Å². The van der Waals surface area contributed by atoms with Crippen LogP contribution in [0.4, 0.5) is 70.6 Å². The molecule has 4 aliphatic heterocycles. The molecule has 6 N–H and O–H groups in total. The second kappa shape index (κ2) is 22.1. The molecule has 4 bridgehead atoms. The number of alkyl halides is 6. The van der Waals surface area contributed by atoms with Gasteiger partial charge in [-0.3, -0.25) is 30.4 Å². The van der Waals surface area contributed by atoms with Crippen LogP contribution in [0.2, 0.25) is 10.0 Å². The molecule has 4 aliphatic rings. The number of urea groups is 2. The van der Waals surface area contributed by atoms with Crippen molar-refractivity contribution in [1.29, 1.82) is 0 Å². The number of anilines is 6. The van der Waals surface area contributed by atoms with E-state index in [1.165, 1.54) is 58.9 Å². The van der Waals surface area contributed by atoms with Crippen LogP contribution in [-0.4, -0.2) is 139 Å². The van der Waals surface area contributed by atoms with E-state index in [9.17, 15) is 46.1 Å². The molecule has 6 aromatic rings. The predicted octanol–water partition coefficient (Wildman–Crippen LogP) is 7.15. The summed E-state index contributed by atoms with van der Waals surface area (Å²) in [5.74, 6) is 0.718. The van der Waals surface area contributed by atoms with Crippen molar-refractivity contribution in [1.82, 2.24) is 29.9 Å². The molecule has 0 radical (unpaired) electrons. The maximum Gasteiger partial charge on any atom is 0.416 e. The third-order valence-corrected chi connectivity index (χ3v) is 13.0. The average Bonchev–Trinajstić information content (AvgIpc) is 4.10. The number of aromatic nitrogens is 6. The van der Waals surface area contributed by atoms with Gasteiger partial charge in [-0.2, -0.15) is 36.3 Å². The fraction of sp³-hybridized carbons (Fsp3) is 0.333. The molecule has 0 unspecified atom stereocenters. The Balaban J connectivity index is 0.000000186. The first-order chi connectivity index (χ1) is 36.3. The number of pyridine rings is 2. The minimum absolute atomic E-state index is 0.0260. The fourth-order valence-electron chi connectivity index (χ4n) is 8.83. The van der Waals surface area contributed by atoms with Crippen LogP contribution in [0.25, 0.3) is 22.5 Å². The van der Waals surface area contributed by atoms with Crippen molar-refractivity contribution in [3.05, 3.63) is 107 Å². The smallest absolute Gasteiger partial charge is 0.416 e. The van der Waals surface area contributed by atoms with E-state index in [-0.39, 0.29) is 92.9 Å². The number of aliphatic hydroxyl groups excluding tert-OH is 4. The molecule has 4 amide bonds. The summed E-state index contributed by atoms with van der Waals surface area (Å²) in [7, 11) is 0. The number of hydrogen-bond acceptors (Lipinski definition) is 16. The van der Waals surface area contributed by atoms with Crippen LogP contribution < -0.4 is 39.7 Å². The summed E-state index contributed by atoms with van der Waals surface area (Å²) in [4.78, 5) is 59.3. The van der Waals surface area contributed by atoms with Crippen molar-refractivity contribution in [3.8, 4) is 34.3 Å². The Kier molecular flexibility index (Phi) is 15.5. The van der Waals surface area contributed by atoms with Gasteiger partial charge in [0, 0.05) is 37.3 Å². The summed E-state index contributed by atoms with van der Waals surface area (Å²) in [5, 5.41) is 42.4. The average molecular weight is 1100 g/mol. The first kappa shape index (κ1) is 53.5. The predicted molar refractivity (Wildman–Crippen MR) is 265 cm³/mol. The summed E-state index contributed by atoms with van der Waals surface area (Å²) in [6, 6.07) is 11.0. The Labute approximate surface area is 437 Å². The summed E-state index contributed by atoms with van der Waals surface area (Å²) < 4.78 is 90.4. The number of fused-ring (bicyclic) bond motifs is 8. The van der Waals surface area contributed by atoms with E-state index in [0.29, 0.717) is 50.4 Å². The lowest BCUT2D eigenvalue weighted by Gasteiger charge is -2.36. The zero-order valence-corrected chi connectivity index (χ0v) is 40.9. The van der Waals surface area contributed by atoms with Crippen molar-refractivity contribution in [2.45, 2.75) is 49.5 Å². The van der Waals surface area contributed by atoms with E-state index in [2.05, 4.69) is 40.5 Å². The Morgan fingerprint density at radius 3 is 1.42 bits per heavy atom. The summed E-state index contributed by atoms with van der Waals surface area (Å²) in [6.45, 7) is 0.958. The third-order valence-electron chi connectivity index (χ3n) is 12.4. The molecule has 2 saturated heterocycles. The van der Waals surface area contributed by atoms with Gasteiger partial charge in [0.2, 0.25) is 11.8 Å². The van der Waals surface area contributed by atoms with E-state index in [1.807, 2.05) is 9.80 Å². The number of carbonyl (C=O) groups is 2. The van der Waals surface area contributed by atoms with E-state index >= 15 is 0 Å². The molecule has 10 rings (SSSR count). The molecular weight excluding hydrogens is 1060 g/mol. The number of amides is 4. The Bertz CT molecular complexity index is 2930. The number of rotatable bonds is 12. The standard InChI is InChI=1S/2C24H22ClF3N6O4/c2*25-17-7-18-22(32-21(17)13-2-1-3-14(6-13)24(26,27)28)34(15-4-5-33(18)10-15)23(37)31-19-8-29-9-20(30-19)38-12-16(36)11-35/h2*1-3,6-9,15-16,35-36H,4-5,10-12H2,(H,30,31,37)/t2*15-,16+/m00/s1. The second-order valence-corrected chi connectivity index (χ2v) is 18.5. The van der Waals surface area contributed by atoms with Crippen LogP contribution in [0.1, 0.15) is 24.0 Å². The molecule has 2 aromatic carbocycles. The number of ether oxygens (including phenoxy) is 2. The molecule has 8 heterocycles. The maximum atomic E-state index is 13.5. The van der Waals surface area contributed by atoms with Crippen molar-refractivity contribution < 1.29 is 65.8 Å². The van der Waals surface area contributed by atoms with Crippen molar-refractivity contribution in [2.75, 3.05) is 82.8 Å². The van der Waals surface area contributed by atoms with Gasteiger partial charge in [-0.25, -0.2) is 19.6 Å². The summed E-state index contributed by atoms with van der Waals surface area (Å²) in [5.41, 5.74) is 0.0891. The monoisotopic (exact) mass is 1100 g/mol. The number of nitrogens with zero attached hydrogens (tertiary/aromatic N) is 10. The minimum atomic E-state index is -4.54. The molecule has 4 aromatic heterocycles. The van der Waals surface area contributed by atoms with E-state index < -0.39 is 61.0 Å².